The molecule has 0 aliphatic heterocycles. The van der Waals surface area contributed by atoms with Crippen molar-refractivity contribution in [1.29, 1.82) is 0 Å². The Morgan fingerprint density at radius 1 is 1.12 bits per heavy atom. The Balaban J connectivity index is 1.94. The van der Waals surface area contributed by atoms with E-state index >= 15 is 0 Å². The van der Waals surface area contributed by atoms with E-state index in [1.54, 1.807) is 38.4 Å². The summed E-state index contributed by atoms with van der Waals surface area (Å²) in [7, 11) is 1.70. The molecule has 3 aromatic rings. The molecule has 1 heterocycles. The minimum atomic E-state index is -1.14. The Bertz CT molecular complexity index is 969. The average Bonchev–Trinajstić information content (AvgIpc) is 2.90. The lowest BCUT2D eigenvalue weighted by molar-refractivity contribution is 0.102. The van der Waals surface area contributed by atoms with Gasteiger partial charge >= 0.3 is 0 Å². The molecule has 0 saturated heterocycles. The fourth-order valence-electron chi connectivity index (χ4n) is 2.55. The van der Waals surface area contributed by atoms with Crippen molar-refractivity contribution in [3.8, 4) is 11.1 Å². The van der Waals surface area contributed by atoms with Crippen molar-refractivity contribution in [2.24, 2.45) is 7.05 Å². The number of rotatable bonds is 3. The molecule has 0 unspecified atom stereocenters. The van der Waals surface area contributed by atoms with Crippen LogP contribution >= 0.6 is 11.6 Å². The Kier molecular flexibility index (Phi) is 4.55. The number of benzene rings is 2. The largest absolute Gasteiger partial charge is 0.319 e. The van der Waals surface area contributed by atoms with Gasteiger partial charge in [0.25, 0.3) is 5.91 Å². The number of carbonyl (C=O) groups excluding carboxylic acids is 1. The molecular formula is C18H14ClF2N3O. The van der Waals surface area contributed by atoms with Crippen LogP contribution in [0.2, 0.25) is 5.02 Å². The van der Waals surface area contributed by atoms with Gasteiger partial charge in [0.05, 0.1) is 22.0 Å². The highest BCUT2D eigenvalue weighted by molar-refractivity contribution is 6.34. The minimum absolute atomic E-state index is 0.0823. The zero-order valence-corrected chi connectivity index (χ0v) is 14.2. The van der Waals surface area contributed by atoms with E-state index in [1.165, 1.54) is 22.9 Å². The second-order valence-corrected chi connectivity index (χ2v) is 5.93. The minimum Gasteiger partial charge on any atom is -0.319 e. The van der Waals surface area contributed by atoms with Crippen molar-refractivity contribution in [2.75, 3.05) is 5.32 Å². The molecule has 4 nitrogen and oxygen atoms in total. The van der Waals surface area contributed by atoms with E-state index in [-0.39, 0.29) is 21.8 Å². The molecule has 1 aromatic heterocycles. The summed E-state index contributed by atoms with van der Waals surface area (Å²) in [4.78, 5) is 12.2. The number of nitrogens with zero attached hydrogens (tertiary/aromatic N) is 2. The smallest absolute Gasteiger partial charge is 0.257 e. The molecule has 0 saturated carbocycles. The van der Waals surface area contributed by atoms with Gasteiger partial charge in [-0.25, -0.2) is 8.78 Å². The SMILES string of the molecule is Cc1nn(C)cc1-c1ccc(NC(=O)c2ccccc2Cl)c(F)c1F. The van der Waals surface area contributed by atoms with Gasteiger partial charge in [0.15, 0.2) is 11.6 Å². The van der Waals surface area contributed by atoms with Crippen LogP contribution in [0.4, 0.5) is 14.5 Å². The van der Waals surface area contributed by atoms with Gasteiger partial charge in [-0.3, -0.25) is 9.48 Å². The molecule has 0 aliphatic carbocycles. The van der Waals surface area contributed by atoms with E-state index in [4.69, 9.17) is 11.6 Å². The normalized spacial score (nSPS) is 10.8. The standard InChI is InChI=1S/C18H14ClF2N3O/c1-10-13(9-24(2)23-10)11-7-8-15(17(21)16(11)20)22-18(25)12-5-3-4-6-14(12)19/h3-9H,1-2H3,(H,22,25). The Morgan fingerprint density at radius 2 is 1.84 bits per heavy atom. The highest BCUT2D eigenvalue weighted by atomic mass is 35.5. The molecule has 0 bridgehead atoms. The third kappa shape index (κ3) is 3.25. The number of nitrogens with one attached hydrogen (secondary N) is 1. The zero-order valence-electron chi connectivity index (χ0n) is 13.5. The maximum absolute atomic E-state index is 14.5. The van der Waals surface area contributed by atoms with E-state index < -0.39 is 17.5 Å². The van der Waals surface area contributed by atoms with Crippen LogP contribution in [0.3, 0.4) is 0 Å². The van der Waals surface area contributed by atoms with Gasteiger partial charge in [-0.05, 0) is 31.2 Å². The van der Waals surface area contributed by atoms with Crippen LogP contribution < -0.4 is 5.32 Å². The molecule has 1 N–H and O–H groups in total. The van der Waals surface area contributed by atoms with Crippen LogP contribution in [0.15, 0.2) is 42.6 Å². The van der Waals surface area contributed by atoms with Gasteiger partial charge in [0.1, 0.15) is 0 Å². The van der Waals surface area contributed by atoms with Gasteiger partial charge in [0, 0.05) is 24.4 Å². The van der Waals surface area contributed by atoms with Gasteiger partial charge in [-0.15, -0.1) is 0 Å². The number of hydrogen-bond donors (Lipinski definition) is 1. The van der Waals surface area contributed by atoms with Crippen LogP contribution in [-0.4, -0.2) is 15.7 Å². The lowest BCUT2D eigenvalue weighted by atomic mass is 10.1. The summed E-state index contributed by atoms with van der Waals surface area (Å²) in [6.07, 6.45) is 1.61. The topological polar surface area (TPSA) is 46.9 Å². The summed E-state index contributed by atoms with van der Waals surface area (Å²) in [6, 6.07) is 9.07. The lowest BCUT2D eigenvalue weighted by Gasteiger charge is -2.10. The van der Waals surface area contributed by atoms with Gasteiger partial charge in [-0.1, -0.05) is 23.7 Å². The van der Waals surface area contributed by atoms with E-state index in [2.05, 4.69) is 10.4 Å². The van der Waals surface area contributed by atoms with Crippen LogP contribution in [0.25, 0.3) is 11.1 Å². The number of aryl methyl sites for hydroxylation is 2. The number of carbonyl (C=O) groups is 1. The number of amides is 1. The van der Waals surface area contributed by atoms with E-state index in [0.29, 0.717) is 11.3 Å². The third-order valence-electron chi connectivity index (χ3n) is 3.75. The molecule has 0 aliphatic rings. The fourth-order valence-corrected chi connectivity index (χ4v) is 2.77. The molecule has 1 amide bonds. The molecule has 0 fully saturated rings. The lowest BCUT2D eigenvalue weighted by Crippen LogP contribution is -2.14. The van der Waals surface area contributed by atoms with Crippen molar-refractivity contribution < 1.29 is 13.6 Å². The van der Waals surface area contributed by atoms with Crippen LogP contribution in [0, 0.1) is 18.6 Å². The molecule has 25 heavy (non-hydrogen) atoms. The van der Waals surface area contributed by atoms with E-state index in [1.807, 2.05) is 0 Å². The predicted octanol–water partition coefficient (Wildman–Crippen LogP) is 4.58. The quantitative estimate of drug-likeness (QED) is 0.742. The number of halogens is 3. The molecular weight excluding hydrogens is 348 g/mol. The first kappa shape index (κ1) is 17.1. The summed E-state index contributed by atoms with van der Waals surface area (Å²) in [5, 5.41) is 6.69. The molecule has 128 valence electrons. The monoisotopic (exact) mass is 361 g/mol. The molecule has 0 spiro atoms. The summed E-state index contributed by atoms with van der Waals surface area (Å²) in [5.74, 6) is -2.80. The first-order valence-electron chi connectivity index (χ1n) is 7.43. The van der Waals surface area contributed by atoms with Gasteiger partial charge < -0.3 is 5.32 Å². The fraction of sp³-hybridized carbons (Fsp3) is 0.111. The third-order valence-corrected chi connectivity index (χ3v) is 4.08. The Labute approximate surface area is 148 Å². The number of aromatic nitrogens is 2. The van der Waals surface area contributed by atoms with Crippen molar-refractivity contribution in [1.82, 2.24) is 9.78 Å². The van der Waals surface area contributed by atoms with Crippen LogP contribution in [0.5, 0.6) is 0 Å². The maximum atomic E-state index is 14.5. The van der Waals surface area contributed by atoms with Crippen LogP contribution in [-0.2, 0) is 7.05 Å². The second kappa shape index (κ2) is 6.64. The van der Waals surface area contributed by atoms with Gasteiger partial charge in [0.2, 0.25) is 0 Å². The zero-order chi connectivity index (χ0) is 18.1. The number of hydrogen-bond acceptors (Lipinski definition) is 2. The van der Waals surface area contributed by atoms with Crippen molar-refractivity contribution in [2.45, 2.75) is 6.92 Å². The predicted molar refractivity (Wildman–Crippen MR) is 92.7 cm³/mol. The molecule has 0 radical (unpaired) electrons. The Morgan fingerprint density at radius 3 is 2.48 bits per heavy atom. The average molecular weight is 362 g/mol. The maximum Gasteiger partial charge on any atom is 0.257 e. The van der Waals surface area contributed by atoms with Crippen molar-refractivity contribution in [3.63, 3.8) is 0 Å². The molecule has 0 atom stereocenters. The summed E-state index contributed by atoms with van der Waals surface area (Å²) in [5.41, 5.74) is 1.07. The molecule has 2 aromatic carbocycles. The summed E-state index contributed by atoms with van der Waals surface area (Å²) < 4.78 is 30.4. The summed E-state index contributed by atoms with van der Waals surface area (Å²) >= 11 is 5.94. The van der Waals surface area contributed by atoms with Crippen LogP contribution in [0.1, 0.15) is 16.1 Å². The van der Waals surface area contributed by atoms with E-state index in [9.17, 15) is 13.6 Å². The number of anilines is 1. The van der Waals surface area contributed by atoms with Gasteiger partial charge in [-0.2, -0.15) is 5.10 Å². The van der Waals surface area contributed by atoms with Crippen molar-refractivity contribution in [3.05, 3.63) is 70.5 Å². The van der Waals surface area contributed by atoms with Crippen molar-refractivity contribution >= 4 is 23.2 Å². The first-order chi connectivity index (χ1) is 11.9. The highest BCUT2D eigenvalue weighted by Crippen LogP contribution is 2.30. The highest BCUT2D eigenvalue weighted by Gasteiger charge is 2.19. The van der Waals surface area contributed by atoms with E-state index in [0.717, 1.165) is 0 Å². The molecule has 7 heteroatoms. The first-order valence-corrected chi connectivity index (χ1v) is 7.80. The molecule has 3 rings (SSSR count). The Hall–Kier alpha value is -2.73. The second-order valence-electron chi connectivity index (χ2n) is 5.52. The summed E-state index contributed by atoms with van der Waals surface area (Å²) in [6.45, 7) is 1.71.